The number of rotatable bonds is 8. The number of nitrogens with zero attached hydrogens (tertiary/aromatic N) is 2. The van der Waals surface area contributed by atoms with Gasteiger partial charge in [-0.2, -0.15) is 10.1 Å². The lowest BCUT2D eigenvalue weighted by Crippen LogP contribution is -2.28. The smallest absolute Gasteiger partial charge is 0.254 e. The number of hydrogen-bond donors (Lipinski definition) is 0. The Hall–Kier alpha value is -3.74. The molecule has 1 saturated heterocycles. The molecule has 2 aromatic carbocycles. The third-order valence-corrected chi connectivity index (χ3v) is 6.84. The highest BCUT2D eigenvalue weighted by Gasteiger charge is 2.59. The van der Waals surface area contributed by atoms with Crippen LogP contribution in [0, 0.1) is 29.5 Å². The molecule has 2 fully saturated rings. The van der Waals surface area contributed by atoms with E-state index in [-0.39, 0.29) is 47.9 Å². The third-order valence-electron chi connectivity index (χ3n) is 6.84. The van der Waals surface area contributed by atoms with Crippen molar-refractivity contribution in [3.63, 3.8) is 0 Å². The van der Waals surface area contributed by atoms with Gasteiger partial charge in [0.25, 0.3) is 11.8 Å². The van der Waals surface area contributed by atoms with Gasteiger partial charge in [-0.1, -0.05) is 36.4 Å². The predicted molar refractivity (Wildman–Crippen MR) is 125 cm³/mol. The van der Waals surface area contributed by atoms with Gasteiger partial charge in [-0.05, 0) is 48.4 Å². The molecule has 0 radical (unpaired) electrons. The van der Waals surface area contributed by atoms with Crippen LogP contribution in [0.1, 0.15) is 23.1 Å². The first kappa shape index (κ1) is 22.1. The van der Waals surface area contributed by atoms with Crippen LogP contribution in [-0.2, 0) is 22.6 Å². The summed E-state index contributed by atoms with van der Waals surface area (Å²) in [6, 6.07) is 9.97. The van der Waals surface area contributed by atoms with Crippen molar-refractivity contribution in [1.29, 1.82) is 0 Å². The summed E-state index contributed by atoms with van der Waals surface area (Å²) in [7, 11) is 1.52. The molecular formula is C27H25FN2O4. The first-order chi connectivity index (χ1) is 16.5. The van der Waals surface area contributed by atoms with Gasteiger partial charge in [-0.15, -0.1) is 6.58 Å². The van der Waals surface area contributed by atoms with Crippen molar-refractivity contribution in [2.45, 2.75) is 19.4 Å². The Bertz CT molecular complexity index is 1190. The second-order valence-electron chi connectivity index (χ2n) is 8.82. The Labute approximate surface area is 197 Å². The van der Waals surface area contributed by atoms with Gasteiger partial charge in [0, 0.05) is 11.1 Å². The summed E-state index contributed by atoms with van der Waals surface area (Å²) < 4.78 is 25.5. The Morgan fingerprint density at radius 3 is 2.47 bits per heavy atom. The van der Waals surface area contributed by atoms with Gasteiger partial charge in [-0.3, -0.25) is 9.59 Å². The molecular weight excluding hydrogens is 435 g/mol. The van der Waals surface area contributed by atoms with E-state index in [1.807, 2.05) is 6.07 Å². The molecule has 2 aromatic rings. The second-order valence-corrected chi connectivity index (χ2v) is 8.82. The fourth-order valence-electron chi connectivity index (χ4n) is 5.27. The van der Waals surface area contributed by atoms with Crippen LogP contribution in [0.3, 0.4) is 0 Å². The molecule has 2 bridgehead atoms. The number of methoxy groups -OCH3 is 1. The molecule has 0 aromatic heterocycles. The van der Waals surface area contributed by atoms with Crippen molar-refractivity contribution in [3.8, 4) is 11.5 Å². The minimum absolute atomic E-state index is 0.0382. The first-order valence-corrected chi connectivity index (χ1v) is 11.3. The number of carbonyl (C=O) groups excluding carboxylic acids is 2. The van der Waals surface area contributed by atoms with Crippen molar-refractivity contribution in [2.75, 3.05) is 7.11 Å². The topological polar surface area (TPSA) is 68.2 Å². The van der Waals surface area contributed by atoms with Gasteiger partial charge in [0.05, 0.1) is 25.2 Å². The summed E-state index contributed by atoms with van der Waals surface area (Å²) in [4.78, 5) is 25.7. The second kappa shape index (κ2) is 8.89. The zero-order valence-corrected chi connectivity index (χ0v) is 18.8. The highest BCUT2D eigenvalue weighted by molar-refractivity contribution is 6.06. The molecule has 0 spiro atoms. The van der Waals surface area contributed by atoms with Crippen molar-refractivity contribution in [2.24, 2.45) is 28.8 Å². The van der Waals surface area contributed by atoms with Gasteiger partial charge >= 0.3 is 0 Å². The fourth-order valence-corrected chi connectivity index (χ4v) is 5.27. The zero-order valence-electron chi connectivity index (χ0n) is 18.8. The standard InChI is InChI=1S/C27H25FN2O4/c1-3-6-19-11-16(12-22(33-2)25(19)34-15-20-7-4-5-8-21(20)28)14-29-30-26(31)23-17-9-10-18(13-17)24(23)27(30)32/h3-5,7-12,14,17-18,23-24H,1,6,13,15H2,2H3/t17-,18-,23-,24+/m0/s1. The predicted octanol–water partition coefficient (Wildman–Crippen LogP) is 4.28. The maximum Gasteiger partial charge on any atom is 0.254 e. The van der Waals surface area contributed by atoms with Crippen molar-refractivity contribution >= 4 is 18.0 Å². The SMILES string of the molecule is C=CCc1cc(C=NN2C(=O)[C@@H]3[C@H](C2=O)[C@H]2C=C[C@H]3C2)cc(OC)c1OCc1ccccc1F. The Morgan fingerprint density at radius 1 is 1.12 bits per heavy atom. The summed E-state index contributed by atoms with van der Waals surface area (Å²) in [6.45, 7) is 3.84. The normalized spacial score (nSPS) is 24.8. The molecule has 2 aliphatic carbocycles. The molecule has 0 unspecified atom stereocenters. The summed E-state index contributed by atoms with van der Waals surface area (Å²) in [5.41, 5.74) is 1.84. The molecule has 5 rings (SSSR count). The van der Waals surface area contributed by atoms with Gasteiger partial charge in [0.2, 0.25) is 0 Å². The van der Waals surface area contributed by atoms with Crippen LogP contribution in [-0.4, -0.2) is 30.1 Å². The van der Waals surface area contributed by atoms with Gasteiger partial charge in [-0.25, -0.2) is 4.39 Å². The average Bonchev–Trinajstić information content (AvgIpc) is 3.52. The first-order valence-electron chi connectivity index (χ1n) is 11.3. The van der Waals surface area contributed by atoms with Crippen LogP contribution >= 0.6 is 0 Å². The molecule has 7 heteroatoms. The number of halogens is 1. The van der Waals surface area contributed by atoms with Gasteiger partial charge in [0.15, 0.2) is 11.5 Å². The molecule has 2 amide bonds. The van der Waals surface area contributed by atoms with Crippen LogP contribution in [0.4, 0.5) is 4.39 Å². The lowest BCUT2D eigenvalue weighted by molar-refractivity contribution is -0.140. The minimum Gasteiger partial charge on any atom is -0.493 e. The number of imide groups is 1. The number of hydrazone groups is 1. The zero-order chi connectivity index (χ0) is 23.8. The lowest BCUT2D eigenvalue weighted by Gasteiger charge is -2.16. The molecule has 0 N–H and O–H groups in total. The van der Waals surface area contributed by atoms with Gasteiger partial charge in [0.1, 0.15) is 12.4 Å². The molecule has 6 nitrogen and oxygen atoms in total. The minimum atomic E-state index is -0.344. The fraction of sp³-hybridized carbons (Fsp3) is 0.296. The summed E-state index contributed by atoms with van der Waals surface area (Å²) in [5, 5.41) is 5.27. The number of amides is 2. The number of carbonyl (C=O) groups is 2. The highest BCUT2D eigenvalue weighted by atomic mass is 19.1. The van der Waals surface area contributed by atoms with Crippen molar-refractivity contribution in [1.82, 2.24) is 5.01 Å². The average molecular weight is 461 g/mol. The highest BCUT2D eigenvalue weighted by Crippen LogP contribution is 2.52. The van der Waals surface area contributed by atoms with Crippen LogP contribution in [0.25, 0.3) is 0 Å². The van der Waals surface area contributed by atoms with E-state index in [1.54, 1.807) is 30.3 Å². The molecule has 4 atom stereocenters. The molecule has 1 aliphatic heterocycles. The lowest BCUT2D eigenvalue weighted by atomic mass is 9.85. The van der Waals surface area contributed by atoms with Gasteiger partial charge < -0.3 is 9.47 Å². The van der Waals surface area contributed by atoms with Crippen LogP contribution in [0.2, 0.25) is 0 Å². The van der Waals surface area contributed by atoms with E-state index in [4.69, 9.17) is 9.47 Å². The quantitative estimate of drug-likeness (QED) is 0.335. The van der Waals surface area contributed by atoms with E-state index in [9.17, 15) is 14.0 Å². The Balaban J connectivity index is 1.39. The maximum atomic E-state index is 14.0. The van der Waals surface area contributed by atoms with Crippen molar-refractivity contribution in [3.05, 3.63) is 83.7 Å². The number of benzene rings is 2. The molecule has 1 heterocycles. The van der Waals surface area contributed by atoms with E-state index in [0.717, 1.165) is 17.0 Å². The molecule has 34 heavy (non-hydrogen) atoms. The summed E-state index contributed by atoms with van der Waals surface area (Å²) in [6.07, 6.45) is 8.67. The van der Waals surface area contributed by atoms with E-state index in [0.29, 0.717) is 29.0 Å². The number of fused-ring (bicyclic) bond motifs is 5. The summed E-state index contributed by atoms with van der Waals surface area (Å²) >= 11 is 0. The maximum absolute atomic E-state index is 14.0. The van der Waals surface area contributed by atoms with E-state index >= 15 is 0 Å². The van der Waals surface area contributed by atoms with Crippen LogP contribution in [0.15, 0.2) is 66.3 Å². The molecule has 1 saturated carbocycles. The Kier molecular flexibility index (Phi) is 5.77. The monoisotopic (exact) mass is 460 g/mol. The van der Waals surface area contributed by atoms with E-state index < -0.39 is 0 Å². The molecule has 3 aliphatic rings. The van der Waals surface area contributed by atoms with E-state index in [2.05, 4.69) is 23.8 Å². The number of hydrogen-bond acceptors (Lipinski definition) is 5. The van der Waals surface area contributed by atoms with Crippen LogP contribution < -0.4 is 9.47 Å². The summed E-state index contributed by atoms with van der Waals surface area (Å²) in [5.74, 6) is -0.196. The van der Waals surface area contributed by atoms with E-state index in [1.165, 1.54) is 19.4 Å². The number of allylic oxidation sites excluding steroid dienone is 3. The molecule has 174 valence electrons. The third kappa shape index (κ3) is 3.71. The van der Waals surface area contributed by atoms with Crippen LogP contribution in [0.5, 0.6) is 11.5 Å². The largest absolute Gasteiger partial charge is 0.493 e. The number of ether oxygens (including phenoxy) is 2. The Morgan fingerprint density at radius 2 is 1.82 bits per heavy atom. The van der Waals surface area contributed by atoms with Crippen molar-refractivity contribution < 1.29 is 23.5 Å².